The van der Waals surface area contributed by atoms with Gasteiger partial charge in [0.15, 0.2) is 10.8 Å². The van der Waals surface area contributed by atoms with Crippen molar-refractivity contribution in [3.63, 3.8) is 0 Å². The number of rotatable bonds is 4. The van der Waals surface area contributed by atoms with E-state index in [0.717, 1.165) is 35.7 Å². The van der Waals surface area contributed by atoms with Crippen LogP contribution in [0.4, 0.5) is 0 Å². The number of piperidine rings is 1. The number of aromatic nitrogens is 1. The Morgan fingerprint density at radius 1 is 1.24 bits per heavy atom. The monoisotopic (exact) mass is 453 g/mol. The second-order valence-corrected chi connectivity index (χ2v) is 8.05. The van der Waals surface area contributed by atoms with E-state index in [1.807, 2.05) is 54.3 Å². The molecular weight excluding hydrogens is 429 g/mol. The highest BCUT2D eigenvalue weighted by molar-refractivity contribution is 7.17. The molecule has 29 heavy (non-hydrogen) atoms. The Labute approximate surface area is 187 Å². The van der Waals surface area contributed by atoms with Crippen LogP contribution in [0.1, 0.15) is 29.4 Å². The molecule has 2 unspecified atom stereocenters. The number of carbonyl (C=O) groups is 1. The quantitative estimate of drug-likeness (QED) is 0.595. The minimum absolute atomic E-state index is 0. The largest absolute Gasteiger partial charge is 0.462 e. The summed E-state index contributed by atoms with van der Waals surface area (Å²) in [6.45, 7) is 3.50. The van der Waals surface area contributed by atoms with Crippen molar-refractivity contribution in [1.82, 2.24) is 9.88 Å². The molecule has 8 heteroatoms. The van der Waals surface area contributed by atoms with Crippen LogP contribution in [-0.4, -0.2) is 34.9 Å². The van der Waals surface area contributed by atoms with Crippen LogP contribution in [0.3, 0.4) is 0 Å². The van der Waals surface area contributed by atoms with Crippen molar-refractivity contribution in [3.8, 4) is 22.0 Å². The summed E-state index contributed by atoms with van der Waals surface area (Å²) in [5, 5.41) is 0.725. The normalized spacial score (nSPS) is 17.2. The van der Waals surface area contributed by atoms with E-state index in [9.17, 15) is 4.79 Å². The predicted octanol–water partition coefficient (Wildman–Crippen LogP) is 5.11. The first-order valence-electron chi connectivity index (χ1n) is 9.28. The number of halogens is 2. The average molecular weight is 454 g/mol. The lowest BCUT2D eigenvalue weighted by Crippen LogP contribution is -2.45. The molecule has 1 saturated heterocycles. The van der Waals surface area contributed by atoms with Gasteiger partial charge in [0.25, 0.3) is 5.91 Å². The molecule has 1 fully saturated rings. The minimum Gasteiger partial charge on any atom is -0.462 e. The zero-order valence-electron chi connectivity index (χ0n) is 16.1. The highest BCUT2D eigenvalue weighted by Crippen LogP contribution is 2.35. The molecular formula is C21H25Cl2N3O2S. The fourth-order valence-electron chi connectivity index (χ4n) is 3.53. The van der Waals surface area contributed by atoms with Gasteiger partial charge in [-0.25, -0.2) is 4.98 Å². The lowest BCUT2D eigenvalue weighted by molar-refractivity contribution is 0.0666. The Morgan fingerprint density at radius 3 is 2.66 bits per heavy atom. The molecule has 5 nitrogen and oxygen atoms in total. The first kappa shape index (κ1) is 23.4. The van der Waals surface area contributed by atoms with E-state index in [2.05, 4.69) is 0 Å². The van der Waals surface area contributed by atoms with Crippen molar-refractivity contribution in [2.75, 3.05) is 13.1 Å². The molecule has 3 heterocycles. The van der Waals surface area contributed by atoms with E-state index in [-0.39, 0.29) is 36.8 Å². The number of hydrogen-bond acceptors (Lipinski definition) is 5. The number of nitrogens with zero attached hydrogens (tertiary/aromatic N) is 2. The highest BCUT2D eigenvalue weighted by Gasteiger charge is 2.30. The van der Waals surface area contributed by atoms with Gasteiger partial charge in [-0.2, -0.15) is 0 Å². The number of thiazole rings is 1. The van der Waals surface area contributed by atoms with Crippen molar-refractivity contribution in [1.29, 1.82) is 0 Å². The van der Waals surface area contributed by atoms with E-state index < -0.39 is 0 Å². The summed E-state index contributed by atoms with van der Waals surface area (Å²) in [5.74, 6) is 1.07. The fraction of sp³-hybridized carbons (Fsp3) is 0.333. The van der Waals surface area contributed by atoms with E-state index >= 15 is 0 Å². The van der Waals surface area contributed by atoms with Crippen LogP contribution in [0.15, 0.2) is 53.1 Å². The van der Waals surface area contributed by atoms with E-state index in [1.54, 1.807) is 6.26 Å². The molecule has 1 aliphatic rings. The van der Waals surface area contributed by atoms with Gasteiger partial charge in [0, 0.05) is 24.7 Å². The number of nitrogens with two attached hydrogens (primary N) is 1. The van der Waals surface area contributed by atoms with Crippen LogP contribution in [0.2, 0.25) is 0 Å². The summed E-state index contributed by atoms with van der Waals surface area (Å²) in [6, 6.07) is 13.6. The zero-order chi connectivity index (χ0) is 18.8. The summed E-state index contributed by atoms with van der Waals surface area (Å²) in [5.41, 5.74) is 7.76. The van der Waals surface area contributed by atoms with E-state index in [0.29, 0.717) is 23.1 Å². The van der Waals surface area contributed by atoms with Gasteiger partial charge in [-0.05, 0) is 37.8 Å². The summed E-state index contributed by atoms with van der Waals surface area (Å²) in [6.07, 6.45) is 3.69. The molecule has 2 atom stereocenters. The van der Waals surface area contributed by atoms with Crippen LogP contribution in [0, 0.1) is 5.92 Å². The van der Waals surface area contributed by atoms with Crippen LogP contribution < -0.4 is 5.73 Å². The Balaban J connectivity index is 0.00000150. The van der Waals surface area contributed by atoms with Crippen LogP contribution in [-0.2, 0) is 0 Å². The number of likely N-dealkylation sites (tertiary alicyclic amines) is 1. The average Bonchev–Trinajstić information content (AvgIpc) is 3.38. The zero-order valence-corrected chi connectivity index (χ0v) is 18.6. The van der Waals surface area contributed by atoms with E-state index in [1.165, 1.54) is 11.3 Å². The van der Waals surface area contributed by atoms with Gasteiger partial charge < -0.3 is 15.1 Å². The second kappa shape index (κ2) is 10.3. The number of amides is 1. The minimum atomic E-state index is 0. The lowest BCUT2D eigenvalue weighted by Gasteiger charge is -2.34. The third kappa shape index (κ3) is 5.01. The first-order chi connectivity index (χ1) is 13.1. The molecule has 1 aromatic carbocycles. The molecule has 3 aromatic rings. The van der Waals surface area contributed by atoms with Crippen molar-refractivity contribution in [2.45, 2.75) is 25.8 Å². The van der Waals surface area contributed by atoms with Gasteiger partial charge in [-0.1, -0.05) is 30.3 Å². The van der Waals surface area contributed by atoms with Gasteiger partial charge in [-0.3, -0.25) is 4.79 Å². The van der Waals surface area contributed by atoms with Gasteiger partial charge in [-0.15, -0.1) is 36.2 Å². The molecule has 4 rings (SSSR count). The molecule has 2 aromatic heterocycles. The second-order valence-electron chi connectivity index (χ2n) is 7.05. The number of hydrogen-bond donors (Lipinski definition) is 1. The maximum atomic E-state index is 13.4. The summed E-state index contributed by atoms with van der Waals surface area (Å²) < 4.78 is 5.50. The Kier molecular flexibility index (Phi) is 8.28. The smallest absolute Gasteiger partial charge is 0.266 e. The predicted molar refractivity (Wildman–Crippen MR) is 122 cm³/mol. The molecule has 0 spiro atoms. The molecule has 0 bridgehead atoms. The van der Waals surface area contributed by atoms with Crippen LogP contribution in [0.5, 0.6) is 0 Å². The third-order valence-electron chi connectivity index (χ3n) is 5.09. The Morgan fingerprint density at radius 2 is 2.00 bits per heavy atom. The van der Waals surface area contributed by atoms with Crippen molar-refractivity contribution < 1.29 is 9.21 Å². The van der Waals surface area contributed by atoms with Gasteiger partial charge >= 0.3 is 0 Å². The molecule has 1 aliphatic heterocycles. The van der Waals surface area contributed by atoms with Crippen LogP contribution >= 0.6 is 36.2 Å². The topological polar surface area (TPSA) is 72.4 Å². The van der Waals surface area contributed by atoms with Crippen LogP contribution in [0.25, 0.3) is 22.0 Å². The highest BCUT2D eigenvalue weighted by atomic mass is 35.5. The number of furan rings is 1. The third-order valence-corrected chi connectivity index (χ3v) is 6.15. The van der Waals surface area contributed by atoms with Crippen molar-refractivity contribution in [2.24, 2.45) is 11.7 Å². The van der Waals surface area contributed by atoms with E-state index in [4.69, 9.17) is 15.1 Å². The molecule has 156 valence electrons. The van der Waals surface area contributed by atoms with Crippen molar-refractivity contribution in [3.05, 3.63) is 53.6 Å². The molecule has 2 N–H and O–H groups in total. The lowest BCUT2D eigenvalue weighted by atomic mass is 9.92. The Bertz CT molecular complexity index is 913. The molecule has 0 aliphatic carbocycles. The summed E-state index contributed by atoms with van der Waals surface area (Å²) >= 11 is 1.40. The number of carbonyl (C=O) groups excluding carboxylic acids is 1. The van der Waals surface area contributed by atoms with Gasteiger partial charge in [0.2, 0.25) is 0 Å². The maximum absolute atomic E-state index is 13.4. The Hall–Kier alpha value is -1.86. The molecule has 0 radical (unpaired) electrons. The van der Waals surface area contributed by atoms with Gasteiger partial charge in [0.1, 0.15) is 4.88 Å². The summed E-state index contributed by atoms with van der Waals surface area (Å²) in [7, 11) is 0. The fourth-order valence-corrected chi connectivity index (χ4v) is 4.55. The van der Waals surface area contributed by atoms with Crippen molar-refractivity contribution >= 4 is 42.1 Å². The summed E-state index contributed by atoms with van der Waals surface area (Å²) in [4.78, 5) is 20.7. The molecule has 0 saturated carbocycles. The SMILES string of the molecule is CC(N)C1CCCN(C(=O)c2sc(-c3ccco3)nc2-c2ccccc2)C1.Cl.Cl. The first-order valence-corrected chi connectivity index (χ1v) is 10.1. The standard InChI is InChI=1S/C21H23N3O2S.2ClH/c1-14(22)16-9-5-11-24(13-16)21(25)19-18(15-7-3-2-4-8-15)23-20(27-19)17-10-6-12-26-17;;/h2-4,6-8,10,12,14,16H,5,9,11,13,22H2,1H3;2*1H. The maximum Gasteiger partial charge on any atom is 0.266 e. The number of benzene rings is 1. The van der Waals surface area contributed by atoms with Gasteiger partial charge in [0.05, 0.1) is 12.0 Å². The molecule has 1 amide bonds.